The zero-order valence-corrected chi connectivity index (χ0v) is 19.1. The summed E-state index contributed by atoms with van der Waals surface area (Å²) >= 11 is 0. The minimum Gasteiger partial charge on any atom is -0.389 e. The Morgan fingerprint density at radius 3 is 2.58 bits per heavy atom. The molecule has 3 aromatic heterocycles. The second-order valence-electron chi connectivity index (χ2n) is 9.29. The van der Waals surface area contributed by atoms with Crippen molar-refractivity contribution in [3.05, 3.63) is 54.6 Å². The average Bonchev–Trinajstić information content (AvgIpc) is 3.57. The van der Waals surface area contributed by atoms with Crippen molar-refractivity contribution >= 4 is 22.9 Å². The van der Waals surface area contributed by atoms with Crippen LogP contribution in [0.2, 0.25) is 0 Å². The Morgan fingerprint density at radius 1 is 1.09 bits per heavy atom. The predicted molar refractivity (Wildman–Crippen MR) is 129 cm³/mol. The van der Waals surface area contributed by atoms with Crippen LogP contribution in [-0.4, -0.2) is 46.6 Å². The molecule has 172 valence electrons. The molecule has 0 bridgehead atoms. The van der Waals surface area contributed by atoms with Gasteiger partial charge in [-0.3, -0.25) is 0 Å². The van der Waals surface area contributed by atoms with Gasteiger partial charge in [-0.25, -0.2) is 9.67 Å². The van der Waals surface area contributed by atoms with E-state index in [4.69, 9.17) is 4.98 Å². The lowest BCUT2D eigenvalue weighted by Crippen LogP contribution is -2.30. The maximum absolute atomic E-state index is 10.1. The molecule has 33 heavy (non-hydrogen) atoms. The number of aromatic nitrogens is 6. The third-order valence-corrected chi connectivity index (χ3v) is 5.98. The van der Waals surface area contributed by atoms with Gasteiger partial charge in [0, 0.05) is 31.5 Å². The minimum absolute atomic E-state index is 0.352. The standard InChI is InChI=1S/C24H30N8O/c1-24(2,33)15-26-23-29-21(20-22(30-23)31(16-27-20)18-6-3-4-7-18)25-14-17-8-10-19(11-9-17)32-13-5-12-28-32/h5,8-13,16,18,33H,3-4,6-7,14-15H2,1-2H3,(H2,25,26,29,30). The zero-order valence-electron chi connectivity index (χ0n) is 19.1. The summed E-state index contributed by atoms with van der Waals surface area (Å²) in [6.45, 7) is 4.47. The Labute approximate surface area is 192 Å². The Kier molecular flexibility index (Phi) is 5.72. The molecule has 1 aliphatic rings. The monoisotopic (exact) mass is 446 g/mol. The first-order valence-electron chi connectivity index (χ1n) is 11.5. The number of nitrogens with zero attached hydrogens (tertiary/aromatic N) is 6. The summed E-state index contributed by atoms with van der Waals surface area (Å²) in [6, 6.07) is 10.6. The molecule has 0 saturated heterocycles. The molecule has 0 spiro atoms. The second kappa shape index (κ2) is 8.82. The third-order valence-electron chi connectivity index (χ3n) is 5.98. The number of aliphatic hydroxyl groups is 1. The summed E-state index contributed by atoms with van der Waals surface area (Å²) in [5.74, 6) is 1.17. The zero-order chi connectivity index (χ0) is 22.8. The van der Waals surface area contributed by atoms with Crippen LogP contribution in [0.15, 0.2) is 49.1 Å². The molecule has 0 unspecified atom stereocenters. The number of anilines is 2. The van der Waals surface area contributed by atoms with Gasteiger partial charge in [-0.15, -0.1) is 0 Å². The molecular formula is C24H30N8O. The summed E-state index contributed by atoms with van der Waals surface area (Å²) in [5, 5.41) is 21.0. The van der Waals surface area contributed by atoms with E-state index in [0.29, 0.717) is 30.9 Å². The first kappa shape index (κ1) is 21.4. The van der Waals surface area contributed by atoms with Gasteiger partial charge in [0.1, 0.15) is 0 Å². The van der Waals surface area contributed by atoms with E-state index in [0.717, 1.165) is 35.3 Å². The van der Waals surface area contributed by atoms with Crippen LogP contribution in [0.3, 0.4) is 0 Å². The van der Waals surface area contributed by atoms with Crippen molar-refractivity contribution in [3.63, 3.8) is 0 Å². The first-order chi connectivity index (χ1) is 16.0. The highest BCUT2D eigenvalue weighted by atomic mass is 16.3. The number of rotatable bonds is 8. The average molecular weight is 447 g/mol. The first-order valence-corrected chi connectivity index (χ1v) is 11.5. The topological polar surface area (TPSA) is 106 Å². The van der Waals surface area contributed by atoms with Gasteiger partial charge in [0.15, 0.2) is 17.0 Å². The number of fused-ring (bicyclic) bond motifs is 1. The fraction of sp³-hybridized carbons (Fsp3) is 0.417. The van der Waals surface area contributed by atoms with Crippen molar-refractivity contribution in [1.29, 1.82) is 0 Å². The smallest absolute Gasteiger partial charge is 0.226 e. The normalized spacial score (nSPS) is 14.8. The molecule has 0 atom stereocenters. The highest BCUT2D eigenvalue weighted by Gasteiger charge is 2.22. The molecule has 1 fully saturated rings. The second-order valence-corrected chi connectivity index (χ2v) is 9.29. The summed E-state index contributed by atoms with van der Waals surface area (Å²) in [7, 11) is 0. The third kappa shape index (κ3) is 4.83. The maximum atomic E-state index is 10.1. The van der Waals surface area contributed by atoms with Gasteiger partial charge in [-0.05, 0) is 50.5 Å². The van der Waals surface area contributed by atoms with E-state index in [1.54, 1.807) is 20.0 Å². The van der Waals surface area contributed by atoms with Gasteiger partial charge in [0.25, 0.3) is 0 Å². The molecule has 0 aliphatic heterocycles. The fourth-order valence-corrected chi connectivity index (χ4v) is 4.24. The Balaban J connectivity index is 1.40. The lowest BCUT2D eigenvalue weighted by Gasteiger charge is -2.18. The molecule has 3 heterocycles. The highest BCUT2D eigenvalue weighted by Crippen LogP contribution is 2.33. The molecule has 1 saturated carbocycles. The fourth-order valence-electron chi connectivity index (χ4n) is 4.24. The maximum Gasteiger partial charge on any atom is 0.226 e. The lowest BCUT2D eigenvalue weighted by molar-refractivity contribution is 0.0943. The summed E-state index contributed by atoms with van der Waals surface area (Å²) in [6.07, 6.45) is 10.3. The van der Waals surface area contributed by atoms with Crippen LogP contribution >= 0.6 is 0 Å². The van der Waals surface area contributed by atoms with Crippen molar-refractivity contribution in [3.8, 4) is 5.69 Å². The largest absolute Gasteiger partial charge is 0.389 e. The SMILES string of the molecule is CC(C)(O)CNc1nc(NCc2ccc(-n3cccn3)cc2)c2ncn(C3CCCC3)c2n1. The molecule has 1 aromatic carbocycles. The van der Waals surface area contributed by atoms with E-state index in [-0.39, 0.29) is 0 Å². The van der Waals surface area contributed by atoms with Crippen LogP contribution in [0.5, 0.6) is 0 Å². The predicted octanol–water partition coefficient (Wildman–Crippen LogP) is 3.92. The quantitative estimate of drug-likeness (QED) is 0.377. The minimum atomic E-state index is -0.867. The van der Waals surface area contributed by atoms with Gasteiger partial charge in [-0.2, -0.15) is 15.1 Å². The number of nitrogens with one attached hydrogen (secondary N) is 2. The number of hydrogen-bond acceptors (Lipinski definition) is 7. The van der Waals surface area contributed by atoms with Crippen molar-refractivity contribution < 1.29 is 5.11 Å². The number of hydrogen-bond donors (Lipinski definition) is 3. The Morgan fingerprint density at radius 2 is 1.88 bits per heavy atom. The Bertz CT molecular complexity index is 1200. The van der Waals surface area contributed by atoms with E-state index < -0.39 is 5.60 Å². The van der Waals surface area contributed by atoms with Crippen molar-refractivity contribution in [2.75, 3.05) is 17.2 Å². The van der Waals surface area contributed by atoms with Crippen LogP contribution in [0.25, 0.3) is 16.9 Å². The van der Waals surface area contributed by atoms with Crippen molar-refractivity contribution in [2.45, 2.75) is 57.7 Å². The van der Waals surface area contributed by atoms with Crippen molar-refractivity contribution in [1.82, 2.24) is 29.3 Å². The molecule has 1 aliphatic carbocycles. The van der Waals surface area contributed by atoms with Crippen LogP contribution < -0.4 is 10.6 Å². The molecule has 9 nitrogen and oxygen atoms in total. The molecule has 3 N–H and O–H groups in total. The summed E-state index contributed by atoms with van der Waals surface area (Å²) in [5.41, 5.74) is 2.87. The number of imidazole rings is 1. The molecule has 9 heteroatoms. The van der Waals surface area contributed by atoms with Crippen molar-refractivity contribution in [2.24, 2.45) is 0 Å². The van der Waals surface area contributed by atoms with Crippen LogP contribution in [0, 0.1) is 0 Å². The molecule has 5 rings (SSSR count). The van der Waals surface area contributed by atoms with Gasteiger partial charge in [0.05, 0.1) is 17.6 Å². The van der Waals surface area contributed by atoms with Gasteiger partial charge < -0.3 is 20.3 Å². The Hall–Kier alpha value is -3.46. The molecular weight excluding hydrogens is 416 g/mol. The van der Waals surface area contributed by atoms with Crippen LogP contribution in [0.4, 0.5) is 11.8 Å². The van der Waals surface area contributed by atoms with E-state index in [2.05, 4.69) is 42.4 Å². The van der Waals surface area contributed by atoms with E-state index in [1.165, 1.54) is 12.8 Å². The van der Waals surface area contributed by atoms with Crippen LogP contribution in [-0.2, 0) is 6.54 Å². The lowest BCUT2D eigenvalue weighted by atomic mass is 10.1. The number of benzene rings is 1. The highest BCUT2D eigenvalue weighted by molar-refractivity contribution is 5.84. The summed E-state index contributed by atoms with van der Waals surface area (Å²) < 4.78 is 4.02. The van der Waals surface area contributed by atoms with Gasteiger partial charge >= 0.3 is 0 Å². The van der Waals surface area contributed by atoms with E-state index in [9.17, 15) is 5.11 Å². The molecule has 0 amide bonds. The van der Waals surface area contributed by atoms with Crippen LogP contribution in [0.1, 0.15) is 51.1 Å². The van der Waals surface area contributed by atoms with Gasteiger partial charge in [0.2, 0.25) is 5.95 Å². The molecule has 4 aromatic rings. The van der Waals surface area contributed by atoms with E-state index >= 15 is 0 Å². The van der Waals surface area contributed by atoms with Gasteiger partial charge in [-0.1, -0.05) is 25.0 Å². The van der Waals surface area contributed by atoms with E-state index in [1.807, 2.05) is 35.4 Å². The summed E-state index contributed by atoms with van der Waals surface area (Å²) in [4.78, 5) is 14.1. The molecule has 0 radical (unpaired) electrons.